The normalized spacial score (nSPS) is 10.5. The van der Waals surface area contributed by atoms with Crippen LogP contribution in [0.25, 0.3) is 11.3 Å². The highest BCUT2D eigenvalue weighted by Gasteiger charge is 2.18. The van der Waals surface area contributed by atoms with Crippen molar-refractivity contribution in [1.82, 2.24) is 4.98 Å². The first-order chi connectivity index (χ1) is 13.1. The van der Waals surface area contributed by atoms with Gasteiger partial charge in [-0.2, -0.15) is 0 Å². The Balaban J connectivity index is 1.85. The van der Waals surface area contributed by atoms with E-state index in [0.717, 1.165) is 23.4 Å². The van der Waals surface area contributed by atoms with Crippen molar-refractivity contribution in [2.24, 2.45) is 0 Å². The maximum atomic E-state index is 12.2. The predicted octanol–water partition coefficient (Wildman–Crippen LogP) is 4.42. The molecule has 0 spiro atoms. The number of nitrogens with zero attached hydrogens (tertiary/aromatic N) is 2. The van der Waals surface area contributed by atoms with Gasteiger partial charge < -0.3 is 9.47 Å². The number of hydrogen-bond acceptors (Lipinski definition) is 5. The molecule has 0 N–H and O–H groups in total. The molecule has 3 aromatic rings. The molecule has 0 bridgehead atoms. The second kappa shape index (κ2) is 8.68. The van der Waals surface area contributed by atoms with Crippen molar-refractivity contribution in [2.45, 2.75) is 13.3 Å². The highest BCUT2D eigenvalue weighted by molar-refractivity contribution is 7.14. The number of rotatable bonds is 7. The van der Waals surface area contributed by atoms with E-state index in [1.807, 2.05) is 41.8 Å². The summed E-state index contributed by atoms with van der Waals surface area (Å²) >= 11 is 1.45. The lowest BCUT2D eigenvalue weighted by Gasteiger charge is -2.18. The third-order valence-corrected chi connectivity index (χ3v) is 5.12. The summed E-state index contributed by atoms with van der Waals surface area (Å²) in [6.45, 7) is 2.15. The number of carbonyl (C=O) groups is 1. The summed E-state index contributed by atoms with van der Waals surface area (Å²) in [7, 11) is 3.25. The third kappa shape index (κ3) is 4.46. The number of benzene rings is 2. The van der Waals surface area contributed by atoms with Crippen molar-refractivity contribution >= 4 is 22.4 Å². The van der Waals surface area contributed by atoms with Gasteiger partial charge >= 0.3 is 0 Å². The van der Waals surface area contributed by atoms with Gasteiger partial charge in [0.15, 0.2) is 5.13 Å². The van der Waals surface area contributed by atoms with Crippen LogP contribution in [0.5, 0.6) is 11.5 Å². The van der Waals surface area contributed by atoms with Gasteiger partial charge in [-0.05, 0) is 30.2 Å². The van der Waals surface area contributed by atoms with Gasteiger partial charge in [0.05, 0.1) is 19.9 Å². The molecule has 0 saturated carbocycles. The van der Waals surface area contributed by atoms with Crippen LogP contribution in [-0.4, -0.2) is 31.7 Å². The number of thiazole rings is 1. The summed E-state index contributed by atoms with van der Waals surface area (Å²) in [5, 5.41) is 2.61. The van der Waals surface area contributed by atoms with Gasteiger partial charge in [-0.25, -0.2) is 4.98 Å². The van der Waals surface area contributed by atoms with Crippen molar-refractivity contribution in [3.05, 3.63) is 59.5 Å². The topological polar surface area (TPSA) is 51.7 Å². The van der Waals surface area contributed by atoms with Crippen LogP contribution in [0.2, 0.25) is 0 Å². The summed E-state index contributed by atoms with van der Waals surface area (Å²) in [6.07, 6.45) is 0.776. The molecule has 0 atom stereocenters. The van der Waals surface area contributed by atoms with Crippen LogP contribution in [0.3, 0.4) is 0 Å². The SMILES string of the molecule is COc1ccc(OC)c(-c2csc(N(CCc3ccccc3)C(C)=O)n2)c1. The molecule has 0 aliphatic carbocycles. The standard InChI is InChI=1S/C21H22N2O3S/c1-15(24)23(12-11-16-7-5-4-6-8-16)21-22-19(14-27-21)18-13-17(25-2)9-10-20(18)26-3/h4-10,13-14H,11-12H2,1-3H3. The Morgan fingerprint density at radius 2 is 1.89 bits per heavy atom. The van der Waals surface area contributed by atoms with Gasteiger partial charge in [0, 0.05) is 24.4 Å². The molecular formula is C21H22N2O3S. The summed E-state index contributed by atoms with van der Waals surface area (Å²) in [5.41, 5.74) is 2.79. The Bertz CT molecular complexity index is 909. The molecule has 0 aliphatic heterocycles. The number of hydrogen-bond donors (Lipinski definition) is 0. The van der Waals surface area contributed by atoms with E-state index in [4.69, 9.17) is 9.47 Å². The van der Waals surface area contributed by atoms with Gasteiger partial charge in [0.1, 0.15) is 11.5 Å². The van der Waals surface area contributed by atoms with Gasteiger partial charge in [-0.3, -0.25) is 9.69 Å². The Kier molecular flexibility index (Phi) is 6.08. The minimum Gasteiger partial charge on any atom is -0.497 e. The first-order valence-corrected chi connectivity index (χ1v) is 9.50. The summed E-state index contributed by atoms with van der Waals surface area (Å²) in [6, 6.07) is 15.7. The fourth-order valence-electron chi connectivity index (χ4n) is 2.80. The van der Waals surface area contributed by atoms with Crippen molar-refractivity contribution < 1.29 is 14.3 Å². The Labute approximate surface area is 163 Å². The van der Waals surface area contributed by atoms with Gasteiger partial charge in [-0.1, -0.05) is 30.3 Å². The van der Waals surface area contributed by atoms with E-state index in [-0.39, 0.29) is 5.91 Å². The molecule has 0 unspecified atom stereocenters. The van der Waals surface area contributed by atoms with Crippen LogP contribution < -0.4 is 14.4 Å². The molecule has 0 fully saturated rings. The minimum absolute atomic E-state index is 0.0237. The minimum atomic E-state index is -0.0237. The fraction of sp³-hybridized carbons (Fsp3) is 0.238. The monoisotopic (exact) mass is 382 g/mol. The lowest BCUT2D eigenvalue weighted by atomic mass is 10.1. The molecule has 1 amide bonds. The molecule has 0 saturated heterocycles. The van der Waals surface area contributed by atoms with Crippen molar-refractivity contribution in [3.8, 4) is 22.8 Å². The summed E-state index contributed by atoms with van der Waals surface area (Å²) in [4.78, 5) is 18.6. The summed E-state index contributed by atoms with van der Waals surface area (Å²) in [5.74, 6) is 1.42. The highest BCUT2D eigenvalue weighted by Crippen LogP contribution is 2.36. The zero-order valence-electron chi connectivity index (χ0n) is 15.6. The molecule has 140 valence electrons. The maximum absolute atomic E-state index is 12.2. The number of amides is 1. The number of methoxy groups -OCH3 is 2. The summed E-state index contributed by atoms with van der Waals surface area (Å²) < 4.78 is 10.8. The Hall–Kier alpha value is -2.86. The molecule has 1 heterocycles. The smallest absolute Gasteiger partial charge is 0.225 e. The number of ether oxygens (including phenoxy) is 2. The zero-order chi connectivity index (χ0) is 19.2. The van der Waals surface area contributed by atoms with E-state index >= 15 is 0 Å². The average molecular weight is 382 g/mol. The second-order valence-electron chi connectivity index (χ2n) is 5.99. The molecular weight excluding hydrogens is 360 g/mol. The van der Waals surface area contributed by atoms with Crippen LogP contribution in [0.1, 0.15) is 12.5 Å². The van der Waals surface area contributed by atoms with E-state index in [2.05, 4.69) is 17.1 Å². The molecule has 5 nitrogen and oxygen atoms in total. The molecule has 0 radical (unpaired) electrons. The van der Waals surface area contributed by atoms with Crippen molar-refractivity contribution in [1.29, 1.82) is 0 Å². The molecule has 0 aliphatic rings. The van der Waals surface area contributed by atoms with Crippen LogP contribution >= 0.6 is 11.3 Å². The fourth-order valence-corrected chi connectivity index (χ4v) is 3.69. The first-order valence-electron chi connectivity index (χ1n) is 8.62. The highest BCUT2D eigenvalue weighted by atomic mass is 32.1. The Morgan fingerprint density at radius 3 is 2.56 bits per heavy atom. The van der Waals surface area contributed by atoms with Gasteiger partial charge in [0.2, 0.25) is 5.91 Å². The van der Waals surface area contributed by atoms with Crippen LogP contribution in [-0.2, 0) is 11.2 Å². The molecule has 27 heavy (non-hydrogen) atoms. The largest absolute Gasteiger partial charge is 0.497 e. The van der Waals surface area contributed by atoms with Crippen molar-refractivity contribution in [3.63, 3.8) is 0 Å². The number of carbonyl (C=O) groups excluding carboxylic acids is 1. The van der Waals surface area contributed by atoms with Crippen molar-refractivity contribution in [2.75, 3.05) is 25.7 Å². The molecule has 2 aromatic carbocycles. The molecule has 1 aromatic heterocycles. The van der Waals surface area contributed by atoms with Gasteiger partial charge in [-0.15, -0.1) is 11.3 Å². The van der Waals surface area contributed by atoms with E-state index in [0.29, 0.717) is 17.4 Å². The first kappa shape index (κ1) is 18.9. The van der Waals surface area contributed by atoms with E-state index < -0.39 is 0 Å². The third-order valence-electron chi connectivity index (χ3n) is 4.25. The zero-order valence-corrected chi connectivity index (χ0v) is 16.5. The Morgan fingerprint density at radius 1 is 1.11 bits per heavy atom. The lowest BCUT2D eigenvalue weighted by molar-refractivity contribution is -0.116. The number of anilines is 1. The lowest BCUT2D eigenvalue weighted by Crippen LogP contribution is -2.30. The second-order valence-corrected chi connectivity index (χ2v) is 6.82. The van der Waals surface area contributed by atoms with E-state index in [9.17, 15) is 4.79 Å². The molecule has 3 rings (SSSR count). The van der Waals surface area contributed by atoms with Gasteiger partial charge in [0.25, 0.3) is 0 Å². The molecule has 6 heteroatoms. The van der Waals surface area contributed by atoms with E-state index in [1.54, 1.807) is 26.0 Å². The predicted molar refractivity (Wildman–Crippen MR) is 109 cm³/mol. The number of aromatic nitrogens is 1. The maximum Gasteiger partial charge on any atom is 0.225 e. The van der Waals surface area contributed by atoms with E-state index in [1.165, 1.54) is 16.9 Å². The van der Waals surface area contributed by atoms with Crippen LogP contribution in [0, 0.1) is 0 Å². The van der Waals surface area contributed by atoms with Crippen LogP contribution in [0.15, 0.2) is 53.9 Å². The quantitative estimate of drug-likeness (QED) is 0.607. The van der Waals surface area contributed by atoms with Crippen LogP contribution in [0.4, 0.5) is 5.13 Å². The average Bonchev–Trinajstić information content (AvgIpc) is 3.17.